The number of allylic oxidation sites excluding steroid dienone is 1. The minimum Gasteiger partial charge on any atom is -0.369 e. The Kier molecular flexibility index (Phi) is 5.37. The zero-order valence-corrected chi connectivity index (χ0v) is 8.14. The van der Waals surface area contributed by atoms with Gasteiger partial charge in [-0.25, -0.2) is 9.79 Å². The van der Waals surface area contributed by atoms with E-state index < -0.39 is 12.3 Å². The lowest BCUT2D eigenvalue weighted by atomic mass is 10.5. The Balaban J connectivity index is 4.02. The van der Waals surface area contributed by atoms with Crippen molar-refractivity contribution >= 4 is 35.4 Å². The molecule has 13 heavy (non-hydrogen) atoms. The molecule has 0 aromatic rings. The van der Waals surface area contributed by atoms with Crippen molar-refractivity contribution in [3.8, 4) is 0 Å². The molecule has 0 saturated carbocycles. The monoisotopic (exact) mass is 222 g/mol. The van der Waals surface area contributed by atoms with Crippen molar-refractivity contribution in [2.75, 3.05) is 0 Å². The summed E-state index contributed by atoms with van der Waals surface area (Å²) < 4.78 is 0. The number of carbonyl (C=O) groups is 1. The van der Waals surface area contributed by atoms with Crippen LogP contribution in [0.3, 0.4) is 0 Å². The lowest BCUT2D eigenvalue weighted by Gasteiger charge is -2.07. The topological polar surface area (TPSA) is 61.7 Å². The van der Waals surface area contributed by atoms with E-state index in [0.717, 1.165) is 6.21 Å². The molecule has 6 heteroatoms. The number of halogens is 2. The molecule has 0 aliphatic rings. The summed E-state index contributed by atoms with van der Waals surface area (Å²) in [4.78, 5) is 14.1. The normalized spacial score (nSPS) is 12.5. The van der Waals surface area contributed by atoms with Crippen LogP contribution in [-0.2, 0) is 0 Å². The average Bonchev–Trinajstić information content (AvgIpc) is 2.00. The van der Waals surface area contributed by atoms with E-state index in [9.17, 15) is 4.79 Å². The number of aliphatic hydroxyl groups is 1. The van der Waals surface area contributed by atoms with Crippen molar-refractivity contribution in [3.63, 3.8) is 0 Å². The van der Waals surface area contributed by atoms with Gasteiger partial charge in [0.1, 0.15) is 0 Å². The van der Waals surface area contributed by atoms with E-state index in [1.807, 2.05) is 5.32 Å². The van der Waals surface area contributed by atoms with Crippen LogP contribution in [0.5, 0.6) is 0 Å². The summed E-state index contributed by atoms with van der Waals surface area (Å²) >= 11 is 10.6. The highest BCUT2D eigenvalue weighted by Crippen LogP contribution is 2.01. The summed E-state index contributed by atoms with van der Waals surface area (Å²) in [7, 11) is 0. The molecule has 0 fully saturated rings. The summed E-state index contributed by atoms with van der Waals surface area (Å²) in [5.41, 5.74) is 0. The number of carbonyl (C=O) groups excluding carboxylic acids is 1. The number of hydrogen-bond donors (Lipinski definition) is 2. The number of aliphatic imine (C=N–C) groups is 1. The molecule has 0 radical (unpaired) electrons. The fourth-order valence-corrected chi connectivity index (χ4v) is 0.465. The van der Waals surface area contributed by atoms with Gasteiger partial charge in [-0.05, 0) is 0 Å². The fourth-order valence-electron chi connectivity index (χ4n) is 0.361. The quantitative estimate of drug-likeness (QED) is 0.563. The van der Waals surface area contributed by atoms with E-state index in [0.29, 0.717) is 0 Å². The first kappa shape index (κ1) is 12.2. The van der Waals surface area contributed by atoms with Crippen molar-refractivity contribution in [3.05, 3.63) is 23.2 Å². The maximum Gasteiger partial charge on any atom is 0.343 e. The number of aliphatic hydroxyl groups excluding tert-OH is 1. The molecule has 0 bridgehead atoms. The minimum atomic E-state index is -1.32. The van der Waals surface area contributed by atoms with Crippen molar-refractivity contribution in [1.82, 2.24) is 5.32 Å². The van der Waals surface area contributed by atoms with Gasteiger partial charge < -0.3 is 10.4 Å². The largest absolute Gasteiger partial charge is 0.369 e. The first-order valence-electron chi connectivity index (χ1n) is 3.15. The highest BCUT2D eigenvalue weighted by Gasteiger charge is 2.08. The van der Waals surface area contributed by atoms with Crippen molar-refractivity contribution in [2.45, 2.75) is 6.23 Å². The van der Waals surface area contributed by atoms with Crippen LogP contribution in [0.2, 0.25) is 0 Å². The number of hydrogen-bond acceptors (Lipinski definition) is 2. The minimum absolute atomic E-state index is 0.103. The van der Waals surface area contributed by atoms with Crippen LogP contribution in [0, 0.1) is 0 Å². The van der Waals surface area contributed by atoms with E-state index in [-0.39, 0.29) is 10.1 Å². The predicted molar refractivity (Wildman–Crippen MR) is 53.0 cm³/mol. The maximum absolute atomic E-state index is 10.8. The van der Waals surface area contributed by atoms with E-state index >= 15 is 0 Å². The molecule has 72 valence electrons. The van der Waals surface area contributed by atoms with E-state index in [1.54, 1.807) is 0 Å². The number of rotatable bonds is 3. The Bertz CT molecular complexity index is 263. The van der Waals surface area contributed by atoms with E-state index in [2.05, 4.69) is 18.2 Å². The Labute approximate surface area is 85.6 Å². The molecule has 1 atom stereocenters. The van der Waals surface area contributed by atoms with Gasteiger partial charge in [0.2, 0.25) is 0 Å². The zero-order chi connectivity index (χ0) is 10.4. The summed E-state index contributed by atoms with van der Waals surface area (Å²) in [6.45, 7) is 6.48. The average molecular weight is 223 g/mol. The second-order valence-electron chi connectivity index (χ2n) is 2.00. The summed E-state index contributed by atoms with van der Waals surface area (Å²) in [6.07, 6.45) is -0.282. The van der Waals surface area contributed by atoms with Gasteiger partial charge >= 0.3 is 6.03 Å². The number of nitrogens with one attached hydrogen (secondary N) is 1. The number of amides is 2. The molecular formula is C7H8Cl2N2O2. The summed E-state index contributed by atoms with van der Waals surface area (Å²) in [5.74, 6) is 0. The smallest absolute Gasteiger partial charge is 0.343 e. The standard InChI is InChI=1S/C7H8Cl2N2O2/c1-4(8)3-10-7(13)11-6(12)5(2)9/h3,6,12H,1-2H2,(H,11,13)/t6-/m0/s1. The van der Waals surface area contributed by atoms with Crippen LogP contribution in [0.4, 0.5) is 4.79 Å². The van der Waals surface area contributed by atoms with Gasteiger partial charge in [-0.1, -0.05) is 36.4 Å². The van der Waals surface area contributed by atoms with Gasteiger partial charge in [0.15, 0.2) is 6.23 Å². The van der Waals surface area contributed by atoms with Crippen LogP contribution in [-0.4, -0.2) is 23.6 Å². The zero-order valence-electron chi connectivity index (χ0n) is 6.63. The predicted octanol–water partition coefficient (Wildman–Crippen LogP) is 1.59. The van der Waals surface area contributed by atoms with Gasteiger partial charge in [-0.15, -0.1) is 0 Å². The molecule has 0 saturated heterocycles. The van der Waals surface area contributed by atoms with Crippen LogP contribution in [0.15, 0.2) is 28.2 Å². The molecule has 0 unspecified atom stereocenters. The van der Waals surface area contributed by atoms with Crippen LogP contribution < -0.4 is 5.32 Å². The molecule has 0 spiro atoms. The molecule has 0 aromatic carbocycles. The third-order valence-corrected chi connectivity index (χ3v) is 1.18. The Morgan fingerprint density at radius 3 is 2.46 bits per heavy atom. The maximum atomic E-state index is 10.8. The van der Waals surface area contributed by atoms with Gasteiger partial charge in [0, 0.05) is 0 Å². The molecule has 0 aliphatic heterocycles. The van der Waals surface area contributed by atoms with Gasteiger partial charge in [-0.2, -0.15) is 0 Å². The highest BCUT2D eigenvalue weighted by atomic mass is 35.5. The molecule has 0 aromatic heterocycles. The van der Waals surface area contributed by atoms with Gasteiger partial charge in [-0.3, -0.25) is 0 Å². The molecule has 0 rings (SSSR count). The molecule has 0 aliphatic carbocycles. The van der Waals surface area contributed by atoms with Gasteiger partial charge in [0.05, 0.1) is 16.3 Å². The third-order valence-electron chi connectivity index (χ3n) is 0.879. The summed E-state index contributed by atoms with van der Waals surface area (Å²) in [6, 6.07) is -0.781. The second-order valence-corrected chi connectivity index (χ2v) is 2.97. The fraction of sp³-hybridized carbons (Fsp3) is 0.143. The van der Waals surface area contributed by atoms with Crippen LogP contribution in [0.1, 0.15) is 0 Å². The lowest BCUT2D eigenvalue weighted by molar-refractivity contribution is 0.180. The molecule has 2 amide bonds. The van der Waals surface area contributed by atoms with Crippen molar-refractivity contribution in [2.24, 2.45) is 4.99 Å². The van der Waals surface area contributed by atoms with Crippen molar-refractivity contribution in [1.29, 1.82) is 0 Å². The Morgan fingerprint density at radius 1 is 1.54 bits per heavy atom. The van der Waals surface area contributed by atoms with Gasteiger partial charge in [0.25, 0.3) is 0 Å². The van der Waals surface area contributed by atoms with Crippen LogP contribution >= 0.6 is 23.2 Å². The first-order valence-corrected chi connectivity index (χ1v) is 3.90. The third kappa shape index (κ3) is 6.33. The Morgan fingerprint density at radius 2 is 2.08 bits per heavy atom. The first-order chi connectivity index (χ1) is 5.93. The number of urea groups is 1. The van der Waals surface area contributed by atoms with Crippen molar-refractivity contribution < 1.29 is 9.90 Å². The molecular weight excluding hydrogens is 215 g/mol. The van der Waals surface area contributed by atoms with Crippen LogP contribution in [0.25, 0.3) is 0 Å². The second kappa shape index (κ2) is 5.75. The molecule has 0 heterocycles. The lowest BCUT2D eigenvalue weighted by Crippen LogP contribution is -2.32. The summed E-state index contributed by atoms with van der Waals surface area (Å²) in [5, 5.41) is 11.0. The molecule has 2 N–H and O–H groups in total. The molecule has 4 nitrogen and oxygen atoms in total. The van der Waals surface area contributed by atoms with E-state index in [1.165, 1.54) is 0 Å². The highest BCUT2D eigenvalue weighted by molar-refractivity contribution is 6.39. The number of nitrogens with zero attached hydrogens (tertiary/aromatic N) is 1. The Hall–Kier alpha value is -0.840. The SMILES string of the molecule is C=C(Cl)C=NC(=O)N[C@@H](O)C(=C)Cl. The van der Waals surface area contributed by atoms with E-state index in [4.69, 9.17) is 28.3 Å².